The second-order valence-corrected chi connectivity index (χ2v) is 2.08. The summed E-state index contributed by atoms with van der Waals surface area (Å²) in [7, 11) is 0. The Hall–Kier alpha value is -1.58. The van der Waals surface area contributed by atoms with Gasteiger partial charge in [0.05, 0.1) is 5.76 Å². The van der Waals surface area contributed by atoms with E-state index in [1.54, 1.807) is 6.92 Å². The first-order chi connectivity index (χ1) is 5.56. The summed E-state index contributed by atoms with van der Waals surface area (Å²) in [6, 6.07) is 0. The maximum absolute atomic E-state index is 10.7. The molecule has 1 N–H and O–H groups in total. The Morgan fingerprint density at radius 1 is 1.50 bits per heavy atom. The third-order valence-corrected chi connectivity index (χ3v) is 0.810. The molecule has 0 aromatic carbocycles. The fourth-order valence-electron chi connectivity index (χ4n) is 0.477. The lowest BCUT2D eigenvalue weighted by Gasteiger charge is -2.01. The second kappa shape index (κ2) is 5.12. The van der Waals surface area contributed by atoms with E-state index in [1.807, 2.05) is 5.32 Å². The van der Waals surface area contributed by atoms with Crippen LogP contribution in [0.2, 0.25) is 0 Å². The number of rotatable bonds is 2. The summed E-state index contributed by atoms with van der Waals surface area (Å²) in [5.74, 6) is -0.274. The predicted octanol–water partition coefficient (Wildman–Crippen LogP) is 1.35. The number of hydrogen-bond donors (Lipinski definition) is 1. The monoisotopic (exact) mass is 169 g/mol. The topological polar surface area (TPSA) is 55.4 Å². The molecule has 0 saturated carbocycles. The Morgan fingerprint density at radius 3 is 2.50 bits per heavy atom. The Kier molecular flexibility index (Phi) is 4.45. The highest BCUT2D eigenvalue weighted by Gasteiger charge is 2.04. The standard InChI is InChI=1S/C8H11NO3/c1-4-5-7(10)9-8(11)12-6(2)3/h4-5H,2H2,1,3H3,(H,9,10,11)/b5-4+. The van der Waals surface area contributed by atoms with Gasteiger partial charge in [-0.25, -0.2) is 4.79 Å². The predicted molar refractivity (Wildman–Crippen MR) is 44.3 cm³/mol. The molecule has 0 radical (unpaired) electrons. The Balaban J connectivity index is 3.85. The van der Waals surface area contributed by atoms with Gasteiger partial charge < -0.3 is 4.74 Å². The van der Waals surface area contributed by atoms with E-state index in [9.17, 15) is 9.59 Å². The smallest absolute Gasteiger partial charge is 0.416 e. The molecular weight excluding hydrogens is 158 g/mol. The number of carbonyl (C=O) groups excluding carboxylic acids is 2. The van der Waals surface area contributed by atoms with Crippen LogP contribution < -0.4 is 5.32 Å². The van der Waals surface area contributed by atoms with E-state index in [0.717, 1.165) is 0 Å². The number of carbonyl (C=O) groups is 2. The van der Waals surface area contributed by atoms with Crippen LogP contribution in [0.1, 0.15) is 13.8 Å². The maximum Gasteiger partial charge on any atom is 0.419 e. The second-order valence-electron chi connectivity index (χ2n) is 2.08. The molecule has 66 valence electrons. The van der Waals surface area contributed by atoms with Gasteiger partial charge in [-0.2, -0.15) is 0 Å². The first kappa shape index (κ1) is 10.4. The van der Waals surface area contributed by atoms with Crippen molar-refractivity contribution in [3.05, 3.63) is 24.5 Å². The third kappa shape index (κ3) is 5.22. The van der Waals surface area contributed by atoms with Crippen LogP contribution in [0, 0.1) is 0 Å². The van der Waals surface area contributed by atoms with Crippen molar-refractivity contribution in [2.24, 2.45) is 0 Å². The Bertz CT molecular complexity index is 230. The molecule has 0 rings (SSSR count). The molecule has 12 heavy (non-hydrogen) atoms. The lowest BCUT2D eigenvalue weighted by molar-refractivity contribution is -0.115. The minimum absolute atomic E-state index is 0.237. The summed E-state index contributed by atoms with van der Waals surface area (Å²) in [5, 5.41) is 1.96. The molecule has 0 aliphatic rings. The van der Waals surface area contributed by atoms with Crippen molar-refractivity contribution in [3.8, 4) is 0 Å². The summed E-state index contributed by atoms with van der Waals surface area (Å²) in [4.78, 5) is 21.4. The van der Waals surface area contributed by atoms with Crippen molar-refractivity contribution >= 4 is 12.0 Å². The Labute approximate surface area is 70.9 Å². The zero-order valence-corrected chi connectivity index (χ0v) is 7.09. The fourth-order valence-corrected chi connectivity index (χ4v) is 0.477. The van der Waals surface area contributed by atoms with E-state index in [-0.39, 0.29) is 5.76 Å². The SMILES string of the molecule is C=C(C)OC(=O)NC(=O)/C=C/C. The number of allylic oxidation sites excluding steroid dienone is 2. The first-order valence-electron chi connectivity index (χ1n) is 3.37. The average Bonchev–Trinajstić information content (AvgIpc) is 1.84. The van der Waals surface area contributed by atoms with Crippen LogP contribution in [-0.2, 0) is 9.53 Å². The molecule has 0 aliphatic carbocycles. The van der Waals surface area contributed by atoms with Crippen LogP contribution in [-0.4, -0.2) is 12.0 Å². The van der Waals surface area contributed by atoms with Crippen LogP contribution in [0.25, 0.3) is 0 Å². The highest BCUT2D eigenvalue weighted by atomic mass is 16.6. The van der Waals surface area contributed by atoms with Crippen molar-refractivity contribution in [1.29, 1.82) is 0 Å². The zero-order chi connectivity index (χ0) is 9.56. The molecule has 0 fully saturated rings. The molecule has 4 nitrogen and oxygen atoms in total. The van der Waals surface area contributed by atoms with Crippen LogP contribution in [0.5, 0.6) is 0 Å². The van der Waals surface area contributed by atoms with Crippen LogP contribution in [0.4, 0.5) is 4.79 Å². The first-order valence-corrected chi connectivity index (χ1v) is 3.37. The van der Waals surface area contributed by atoms with Gasteiger partial charge in [-0.05, 0) is 19.9 Å². The van der Waals surface area contributed by atoms with Crippen molar-refractivity contribution < 1.29 is 14.3 Å². The molecule has 4 heteroatoms. The fraction of sp³-hybridized carbons (Fsp3) is 0.250. The highest BCUT2D eigenvalue weighted by Crippen LogP contribution is 1.89. The van der Waals surface area contributed by atoms with E-state index in [1.165, 1.54) is 19.1 Å². The van der Waals surface area contributed by atoms with Crippen molar-refractivity contribution in [1.82, 2.24) is 5.32 Å². The largest absolute Gasteiger partial charge is 0.419 e. The number of nitrogens with one attached hydrogen (secondary N) is 1. The zero-order valence-electron chi connectivity index (χ0n) is 7.09. The lowest BCUT2D eigenvalue weighted by Crippen LogP contribution is -2.28. The molecule has 0 saturated heterocycles. The molecule has 0 unspecified atom stereocenters. The number of hydrogen-bond acceptors (Lipinski definition) is 3. The summed E-state index contributed by atoms with van der Waals surface area (Å²) in [6.07, 6.45) is 1.92. The summed E-state index contributed by atoms with van der Waals surface area (Å²) in [5.41, 5.74) is 0. The van der Waals surface area contributed by atoms with Gasteiger partial charge in [0.2, 0.25) is 0 Å². The number of alkyl carbamates (subject to hydrolysis) is 1. The number of amides is 2. The number of ether oxygens (including phenoxy) is 1. The van der Waals surface area contributed by atoms with Crippen LogP contribution in [0.15, 0.2) is 24.5 Å². The van der Waals surface area contributed by atoms with E-state index in [2.05, 4.69) is 11.3 Å². The molecule has 0 aliphatic heterocycles. The number of imide groups is 1. The van der Waals surface area contributed by atoms with E-state index in [0.29, 0.717) is 0 Å². The minimum Gasteiger partial charge on any atom is -0.416 e. The molecule has 2 amide bonds. The quantitative estimate of drug-likeness (QED) is 0.501. The third-order valence-electron chi connectivity index (χ3n) is 0.810. The van der Waals surface area contributed by atoms with Gasteiger partial charge in [-0.3, -0.25) is 10.1 Å². The molecule has 0 aromatic heterocycles. The Morgan fingerprint density at radius 2 is 2.08 bits per heavy atom. The molecule has 0 bridgehead atoms. The lowest BCUT2D eigenvalue weighted by atomic mass is 10.5. The van der Waals surface area contributed by atoms with Crippen LogP contribution in [0.3, 0.4) is 0 Å². The van der Waals surface area contributed by atoms with Gasteiger partial charge in [-0.1, -0.05) is 12.7 Å². The highest BCUT2D eigenvalue weighted by molar-refractivity contribution is 5.98. The van der Waals surface area contributed by atoms with Gasteiger partial charge >= 0.3 is 6.09 Å². The van der Waals surface area contributed by atoms with Gasteiger partial charge in [0.25, 0.3) is 5.91 Å². The summed E-state index contributed by atoms with van der Waals surface area (Å²) in [6.45, 7) is 6.52. The van der Waals surface area contributed by atoms with Crippen molar-refractivity contribution in [2.45, 2.75) is 13.8 Å². The molecule has 0 spiro atoms. The van der Waals surface area contributed by atoms with Crippen molar-refractivity contribution in [2.75, 3.05) is 0 Å². The molecular formula is C8H11NO3. The minimum atomic E-state index is -0.814. The van der Waals surface area contributed by atoms with Crippen molar-refractivity contribution in [3.63, 3.8) is 0 Å². The molecule has 0 aromatic rings. The van der Waals surface area contributed by atoms with Crippen LogP contribution >= 0.6 is 0 Å². The molecule has 0 heterocycles. The van der Waals surface area contributed by atoms with Gasteiger partial charge in [0.1, 0.15) is 0 Å². The maximum atomic E-state index is 10.7. The van der Waals surface area contributed by atoms with E-state index < -0.39 is 12.0 Å². The summed E-state index contributed by atoms with van der Waals surface area (Å²) >= 11 is 0. The van der Waals surface area contributed by atoms with E-state index >= 15 is 0 Å². The van der Waals surface area contributed by atoms with Gasteiger partial charge in [0, 0.05) is 0 Å². The van der Waals surface area contributed by atoms with Gasteiger partial charge in [0.15, 0.2) is 0 Å². The average molecular weight is 169 g/mol. The normalized spacial score (nSPS) is 9.50. The molecule has 0 atom stereocenters. The van der Waals surface area contributed by atoms with E-state index in [4.69, 9.17) is 0 Å². The summed E-state index contributed by atoms with van der Waals surface area (Å²) < 4.78 is 4.47. The van der Waals surface area contributed by atoms with Gasteiger partial charge in [-0.15, -0.1) is 0 Å².